The number of amides is 3. The number of carboxylic acids is 1. The van der Waals surface area contributed by atoms with Crippen LogP contribution in [0.25, 0.3) is 0 Å². The third kappa shape index (κ3) is 8.16. The third-order valence-electron chi connectivity index (χ3n) is 5.12. The first-order valence-corrected chi connectivity index (χ1v) is 10.3. The number of hydrogen-bond acceptors (Lipinski definition) is 7. The standard InChI is InChI=1S/C21H32N4O7/c1-4-11(2)17(22)20(30)23-12(3)18(28)25-16(10-26)19(29)24-15(21(31)32)9-13-5-7-14(27)8-6-13/h5-8,11-12,15-17,26-27H,4,9-10,22H2,1-3H3,(H,23,30)(H,24,29)(H,25,28)(H,31,32). The van der Waals surface area contributed by atoms with E-state index in [1.54, 1.807) is 6.92 Å². The summed E-state index contributed by atoms with van der Waals surface area (Å²) in [6.07, 6.45) is 0.601. The lowest BCUT2D eigenvalue weighted by Gasteiger charge is -2.23. The number of hydrogen-bond donors (Lipinski definition) is 7. The number of benzene rings is 1. The number of aliphatic hydroxyl groups excluding tert-OH is 1. The highest BCUT2D eigenvalue weighted by Crippen LogP contribution is 2.11. The molecule has 178 valence electrons. The Labute approximate surface area is 186 Å². The lowest BCUT2D eigenvalue weighted by Crippen LogP contribution is -2.58. The van der Waals surface area contributed by atoms with Crippen LogP contribution < -0.4 is 21.7 Å². The number of phenols is 1. The average molecular weight is 453 g/mol. The second-order valence-electron chi connectivity index (χ2n) is 7.66. The molecule has 0 aliphatic rings. The summed E-state index contributed by atoms with van der Waals surface area (Å²) in [6.45, 7) is 4.30. The van der Waals surface area contributed by atoms with E-state index in [1.165, 1.54) is 31.2 Å². The molecule has 0 fully saturated rings. The molecule has 3 amide bonds. The minimum Gasteiger partial charge on any atom is -0.508 e. The second kappa shape index (κ2) is 12.6. The summed E-state index contributed by atoms with van der Waals surface area (Å²) in [4.78, 5) is 48.5. The number of phenolic OH excluding ortho intramolecular Hbond substituents is 1. The van der Waals surface area contributed by atoms with Crippen LogP contribution in [0.3, 0.4) is 0 Å². The van der Waals surface area contributed by atoms with Gasteiger partial charge in [0.2, 0.25) is 17.7 Å². The van der Waals surface area contributed by atoms with Gasteiger partial charge in [-0.25, -0.2) is 4.79 Å². The summed E-state index contributed by atoms with van der Waals surface area (Å²) in [6, 6.07) is 1.20. The molecule has 1 rings (SSSR count). The molecule has 5 atom stereocenters. The number of carbonyl (C=O) groups is 4. The molecule has 11 heteroatoms. The summed E-state index contributed by atoms with van der Waals surface area (Å²) in [5, 5.41) is 35.3. The van der Waals surface area contributed by atoms with E-state index in [-0.39, 0.29) is 18.1 Å². The molecule has 1 aromatic rings. The first kappa shape index (κ1) is 26.9. The SMILES string of the molecule is CCC(C)C(N)C(=O)NC(C)C(=O)NC(CO)C(=O)NC(Cc1ccc(O)cc1)C(=O)O. The van der Waals surface area contributed by atoms with Crippen LogP contribution in [0.1, 0.15) is 32.8 Å². The summed E-state index contributed by atoms with van der Waals surface area (Å²) in [7, 11) is 0. The van der Waals surface area contributed by atoms with Gasteiger partial charge in [0, 0.05) is 6.42 Å². The number of nitrogens with one attached hydrogen (secondary N) is 3. The second-order valence-corrected chi connectivity index (χ2v) is 7.66. The summed E-state index contributed by atoms with van der Waals surface area (Å²) >= 11 is 0. The molecule has 0 heterocycles. The highest BCUT2D eigenvalue weighted by Gasteiger charge is 2.29. The predicted octanol–water partition coefficient (Wildman–Crippen LogP) is -1.14. The number of carboxylic acid groups (broad SMARTS) is 1. The molecule has 0 aliphatic heterocycles. The van der Waals surface area contributed by atoms with Crippen molar-refractivity contribution in [3.05, 3.63) is 29.8 Å². The van der Waals surface area contributed by atoms with Gasteiger partial charge in [0.05, 0.1) is 12.6 Å². The highest BCUT2D eigenvalue weighted by atomic mass is 16.4. The van der Waals surface area contributed by atoms with Crippen molar-refractivity contribution in [2.24, 2.45) is 11.7 Å². The molecule has 8 N–H and O–H groups in total. The van der Waals surface area contributed by atoms with Gasteiger partial charge in [-0.15, -0.1) is 0 Å². The van der Waals surface area contributed by atoms with E-state index in [2.05, 4.69) is 16.0 Å². The van der Waals surface area contributed by atoms with Crippen molar-refractivity contribution in [3.8, 4) is 5.75 Å². The lowest BCUT2D eigenvalue weighted by molar-refractivity contribution is -0.142. The van der Waals surface area contributed by atoms with Crippen LogP contribution in [-0.2, 0) is 25.6 Å². The lowest BCUT2D eigenvalue weighted by atomic mass is 9.99. The monoisotopic (exact) mass is 452 g/mol. The molecule has 32 heavy (non-hydrogen) atoms. The number of rotatable bonds is 12. The Morgan fingerprint density at radius 3 is 2.00 bits per heavy atom. The Bertz CT molecular complexity index is 800. The Balaban J connectivity index is 2.72. The molecule has 0 spiro atoms. The Morgan fingerprint density at radius 2 is 1.50 bits per heavy atom. The normalized spacial score (nSPS) is 15.5. The van der Waals surface area contributed by atoms with E-state index in [0.29, 0.717) is 12.0 Å². The minimum atomic E-state index is -1.42. The fourth-order valence-corrected chi connectivity index (χ4v) is 2.72. The van der Waals surface area contributed by atoms with E-state index >= 15 is 0 Å². The van der Waals surface area contributed by atoms with E-state index in [9.17, 15) is 34.5 Å². The van der Waals surface area contributed by atoms with Gasteiger partial charge >= 0.3 is 5.97 Å². The first-order chi connectivity index (χ1) is 15.0. The maximum atomic E-state index is 12.5. The zero-order chi connectivity index (χ0) is 24.4. The molecule has 0 aliphatic carbocycles. The van der Waals surface area contributed by atoms with Crippen LogP contribution in [0.4, 0.5) is 0 Å². The third-order valence-corrected chi connectivity index (χ3v) is 5.12. The van der Waals surface area contributed by atoms with Crippen LogP contribution >= 0.6 is 0 Å². The van der Waals surface area contributed by atoms with Gasteiger partial charge in [0.25, 0.3) is 0 Å². The van der Waals surface area contributed by atoms with Crippen molar-refractivity contribution in [1.29, 1.82) is 0 Å². The maximum absolute atomic E-state index is 12.5. The van der Waals surface area contributed by atoms with E-state index < -0.39 is 54.5 Å². The van der Waals surface area contributed by atoms with Crippen LogP contribution in [0, 0.1) is 5.92 Å². The Morgan fingerprint density at radius 1 is 0.938 bits per heavy atom. The topological polar surface area (TPSA) is 191 Å². The van der Waals surface area contributed by atoms with E-state index in [4.69, 9.17) is 5.73 Å². The van der Waals surface area contributed by atoms with Gasteiger partial charge in [-0.05, 0) is 30.5 Å². The van der Waals surface area contributed by atoms with Crippen molar-refractivity contribution in [2.75, 3.05) is 6.61 Å². The largest absolute Gasteiger partial charge is 0.508 e. The van der Waals surface area contributed by atoms with Crippen molar-refractivity contribution in [2.45, 2.75) is 57.8 Å². The zero-order valence-corrected chi connectivity index (χ0v) is 18.4. The quantitative estimate of drug-likeness (QED) is 0.207. The molecule has 5 unspecified atom stereocenters. The molecular formula is C21H32N4O7. The van der Waals surface area contributed by atoms with Crippen LogP contribution in [0.5, 0.6) is 5.75 Å². The van der Waals surface area contributed by atoms with Gasteiger partial charge in [-0.1, -0.05) is 32.4 Å². The minimum absolute atomic E-state index is 0.0130. The number of carbonyl (C=O) groups excluding carboxylic acids is 3. The first-order valence-electron chi connectivity index (χ1n) is 10.3. The smallest absolute Gasteiger partial charge is 0.326 e. The van der Waals surface area contributed by atoms with Gasteiger partial charge in [-0.2, -0.15) is 0 Å². The summed E-state index contributed by atoms with van der Waals surface area (Å²) in [5.41, 5.74) is 6.38. The molecule has 0 saturated heterocycles. The van der Waals surface area contributed by atoms with Gasteiger partial charge in [-0.3, -0.25) is 14.4 Å². The molecule has 0 aromatic heterocycles. The van der Waals surface area contributed by atoms with Crippen molar-refractivity contribution in [3.63, 3.8) is 0 Å². The molecule has 11 nitrogen and oxygen atoms in total. The van der Waals surface area contributed by atoms with Crippen molar-refractivity contribution >= 4 is 23.7 Å². The maximum Gasteiger partial charge on any atom is 0.326 e. The number of nitrogens with two attached hydrogens (primary N) is 1. The zero-order valence-electron chi connectivity index (χ0n) is 18.4. The van der Waals surface area contributed by atoms with Gasteiger partial charge in [0.1, 0.15) is 23.9 Å². The predicted molar refractivity (Wildman–Crippen MR) is 115 cm³/mol. The molecule has 0 saturated carbocycles. The van der Waals surface area contributed by atoms with Crippen molar-refractivity contribution in [1.82, 2.24) is 16.0 Å². The van der Waals surface area contributed by atoms with Crippen LogP contribution in [0.15, 0.2) is 24.3 Å². The van der Waals surface area contributed by atoms with Crippen LogP contribution in [-0.4, -0.2) is 69.8 Å². The van der Waals surface area contributed by atoms with E-state index in [0.717, 1.165) is 0 Å². The van der Waals surface area contributed by atoms with E-state index in [1.807, 2.05) is 6.92 Å². The van der Waals surface area contributed by atoms with Crippen LogP contribution in [0.2, 0.25) is 0 Å². The summed E-state index contributed by atoms with van der Waals surface area (Å²) < 4.78 is 0. The number of aliphatic carboxylic acids is 1. The molecule has 0 radical (unpaired) electrons. The fraction of sp³-hybridized carbons (Fsp3) is 0.524. The Kier molecular flexibility index (Phi) is 10.6. The van der Waals surface area contributed by atoms with Gasteiger partial charge < -0.3 is 37.0 Å². The molecule has 1 aromatic carbocycles. The van der Waals surface area contributed by atoms with Gasteiger partial charge in [0.15, 0.2) is 0 Å². The Hall–Kier alpha value is -3.18. The fourth-order valence-electron chi connectivity index (χ4n) is 2.72. The average Bonchev–Trinajstić information content (AvgIpc) is 2.76. The molecular weight excluding hydrogens is 420 g/mol. The van der Waals surface area contributed by atoms with Crippen molar-refractivity contribution < 1.29 is 34.5 Å². The molecule has 0 bridgehead atoms. The highest BCUT2D eigenvalue weighted by molar-refractivity contribution is 5.94. The number of aromatic hydroxyl groups is 1. The number of aliphatic hydroxyl groups is 1. The summed E-state index contributed by atoms with van der Waals surface area (Å²) in [5.74, 6) is -3.56.